The molecule has 0 unspecified atom stereocenters. The van der Waals surface area contributed by atoms with Crippen molar-refractivity contribution in [1.29, 1.82) is 0 Å². The van der Waals surface area contributed by atoms with Crippen molar-refractivity contribution in [2.45, 2.75) is 27.7 Å². The molecule has 0 atom stereocenters. The number of hydrogen-bond donors (Lipinski definition) is 0. The van der Waals surface area contributed by atoms with Crippen molar-refractivity contribution in [3.63, 3.8) is 0 Å². The van der Waals surface area contributed by atoms with Crippen LogP contribution in [0.2, 0.25) is 0 Å². The van der Waals surface area contributed by atoms with Crippen LogP contribution in [0.1, 0.15) is 27.7 Å². The van der Waals surface area contributed by atoms with Crippen LogP contribution < -0.4 is 0 Å². The predicted octanol–water partition coefficient (Wildman–Crippen LogP) is 4.86. The first kappa shape index (κ1) is 16.8. The van der Waals surface area contributed by atoms with E-state index < -0.39 is 0 Å². The van der Waals surface area contributed by atoms with Gasteiger partial charge in [0.25, 0.3) is 0 Å². The smallest absolute Gasteiger partial charge is 0.0343 e. The maximum Gasteiger partial charge on any atom is 0.0343 e. The molecule has 0 N–H and O–H groups in total. The molecule has 0 fully saturated rings. The van der Waals surface area contributed by atoms with Crippen LogP contribution in [-0.4, -0.2) is 6.21 Å². The van der Waals surface area contributed by atoms with E-state index in [-0.39, 0.29) is 0 Å². The molecular weight excluding hydrogens is 194 g/mol. The third kappa shape index (κ3) is 10.5. The van der Waals surface area contributed by atoms with Gasteiger partial charge in [0.15, 0.2) is 0 Å². The van der Waals surface area contributed by atoms with Gasteiger partial charge in [0.1, 0.15) is 0 Å². The van der Waals surface area contributed by atoms with Crippen LogP contribution in [0.15, 0.2) is 65.9 Å². The summed E-state index contributed by atoms with van der Waals surface area (Å²) in [4.78, 5) is 4.04. The average molecular weight is 217 g/mol. The highest BCUT2D eigenvalue weighted by molar-refractivity contribution is 5.85. The number of rotatable bonds is 5. The molecule has 0 saturated heterocycles. The first-order chi connectivity index (χ1) is 7.43. The third-order valence-corrected chi connectivity index (χ3v) is 1.42. The summed E-state index contributed by atoms with van der Waals surface area (Å²) in [5.74, 6) is 0. The molecule has 0 rings (SSSR count). The summed E-state index contributed by atoms with van der Waals surface area (Å²) in [6, 6.07) is 0. The van der Waals surface area contributed by atoms with Gasteiger partial charge in [-0.3, -0.25) is 4.99 Å². The number of nitrogens with zero attached hydrogens (tertiary/aromatic N) is 1. The van der Waals surface area contributed by atoms with Crippen LogP contribution in [-0.2, 0) is 0 Å². The van der Waals surface area contributed by atoms with E-state index in [9.17, 15) is 0 Å². The minimum atomic E-state index is 0.753. The molecule has 0 bridgehead atoms. The number of allylic oxidation sites excluding steroid dienone is 6. The molecule has 0 aliphatic heterocycles. The van der Waals surface area contributed by atoms with E-state index >= 15 is 0 Å². The minimum Gasteiger partial charge on any atom is -0.262 e. The highest BCUT2D eigenvalue weighted by atomic mass is 14.7. The van der Waals surface area contributed by atoms with Crippen LogP contribution in [0.5, 0.6) is 0 Å². The normalized spacial score (nSPS) is 9.75. The van der Waals surface area contributed by atoms with Gasteiger partial charge in [-0.15, -0.1) is 0 Å². The van der Waals surface area contributed by atoms with Gasteiger partial charge in [0.05, 0.1) is 0 Å². The van der Waals surface area contributed by atoms with E-state index in [0.29, 0.717) is 0 Å². The average Bonchev–Trinajstić information content (AvgIpc) is 2.25. The summed E-state index contributed by atoms with van der Waals surface area (Å²) < 4.78 is 0. The Morgan fingerprint density at radius 2 is 1.38 bits per heavy atom. The summed E-state index contributed by atoms with van der Waals surface area (Å²) in [5, 5.41) is 0. The van der Waals surface area contributed by atoms with Gasteiger partial charge in [-0.1, -0.05) is 57.9 Å². The molecule has 1 nitrogen and oxygen atoms in total. The minimum absolute atomic E-state index is 0.753. The molecule has 0 aromatic carbocycles. The topological polar surface area (TPSA) is 12.4 Å². The fourth-order valence-electron chi connectivity index (χ4n) is 0.621. The van der Waals surface area contributed by atoms with E-state index in [1.165, 1.54) is 0 Å². The summed E-state index contributed by atoms with van der Waals surface area (Å²) >= 11 is 0. The van der Waals surface area contributed by atoms with Crippen LogP contribution in [0.25, 0.3) is 0 Å². The van der Waals surface area contributed by atoms with Crippen molar-refractivity contribution >= 4 is 6.21 Å². The largest absolute Gasteiger partial charge is 0.262 e. The highest BCUT2D eigenvalue weighted by Crippen LogP contribution is 2.06. The lowest BCUT2D eigenvalue weighted by atomic mass is 10.1. The molecule has 0 radical (unpaired) electrons. The molecule has 0 heterocycles. The Bertz CT molecular complexity index is 293. The van der Waals surface area contributed by atoms with E-state index in [2.05, 4.69) is 31.3 Å². The first-order valence-electron chi connectivity index (χ1n) is 5.35. The summed E-state index contributed by atoms with van der Waals surface area (Å²) in [5.41, 5.74) is 3.35. The van der Waals surface area contributed by atoms with Crippen molar-refractivity contribution in [2.75, 3.05) is 0 Å². The lowest BCUT2D eigenvalue weighted by Crippen LogP contribution is -1.85. The van der Waals surface area contributed by atoms with Gasteiger partial charge in [-0.05, 0) is 25.0 Å². The first-order valence-corrected chi connectivity index (χ1v) is 5.35. The van der Waals surface area contributed by atoms with Crippen molar-refractivity contribution < 1.29 is 0 Å². The van der Waals surface area contributed by atoms with Crippen LogP contribution >= 0.6 is 0 Å². The second-order valence-electron chi connectivity index (χ2n) is 3.22. The Balaban J connectivity index is 0. The summed E-state index contributed by atoms with van der Waals surface area (Å²) in [7, 11) is 0. The van der Waals surface area contributed by atoms with Gasteiger partial charge in [0.2, 0.25) is 0 Å². The number of aliphatic imine (C=N–C) groups is 1. The maximum absolute atomic E-state index is 4.04. The van der Waals surface area contributed by atoms with Crippen molar-refractivity contribution in [3.05, 3.63) is 60.9 Å². The van der Waals surface area contributed by atoms with E-state index in [0.717, 1.165) is 22.4 Å². The fourth-order valence-corrected chi connectivity index (χ4v) is 0.621. The molecule has 0 aromatic heterocycles. The van der Waals surface area contributed by atoms with Crippen molar-refractivity contribution in [1.82, 2.24) is 0 Å². The maximum atomic E-state index is 4.04. The van der Waals surface area contributed by atoms with Gasteiger partial charge < -0.3 is 0 Å². The molecule has 0 amide bonds. The third-order valence-electron chi connectivity index (χ3n) is 1.42. The van der Waals surface area contributed by atoms with Crippen molar-refractivity contribution in [2.24, 2.45) is 4.99 Å². The Labute approximate surface area is 100 Å². The second-order valence-corrected chi connectivity index (χ2v) is 3.22. The fraction of sp³-hybridized carbons (Fsp3) is 0.267. The molecule has 0 aliphatic rings. The Morgan fingerprint density at radius 1 is 0.875 bits per heavy atom. The zero-order valence-electron chi connectivity index (χ0n) is 11.0. The molecule has 0 saturated carbocycles. The molecular formula is C15H23N. The summed E-state index contributed by atoms with van der Waals surface area (Å²) in [6.07, 6.45) is 5.42. The molecule has 0 aliphatic carbocycles. The Kier molecular flexibility index (Phi) is 10.4. The SMILES string of the molecule is C=C(C)/C=C\C(=C)C(=C)C=NC(=C)C.CC. The quantitative estimate of drug-likeness (QED) is 0.460. The Hall–Kier alpha value is -1.63. The van der Waals surface area contributed by atoms with Gasteiger partial charge >= 0.3 is 0 Å². The van der Waals surface area contributed by atoms with E-state index in [1.54, 1.807) is 6.21 Å². The van der Waals surface area contributed by atoms with Gasteiger partial charge in [-0.2, -0.15) is 0 Å². The van der Waals surface area contributed by atoms with E-state index in [1.807, 2.05) is 39.8 Å². The molecule has 0 aromatic rings. The second kappa shape index (κ2) is 9.91. The van der Waals surface area contributed by atoms with Crippen LogP contribution in [0.3, 0.4) is 0 Å². The molecule has 88 valence electrons. The predicted molar refractivity (Wildman–Crippen MR) is 76.9 cm³/mol. The number of hydrogen-bond acceptors (Lipinski definition) is 1. The summed E-state index contributed by atoms with van der Waals surface area (Å²) in [6.45, 7) is 22.9. The van der Waals surface area contributed by atoms with Crippen LogP contribution in [0, 0.1) is 0 Å². The zero-order valence-corrected chi connectivity index (χ0v) is 11.0. The lowest BCUT2D eigenvalue weighted by molar-refractivity contribution is 1.34. The Morgan fingerprint density at radius 3 is 1.75 bits per heavy atom. The van der Waals surface area contributed by atoms with E-state index in [4.69, 9.17) is 0 Å². The molecule has 1 heteroatoms. The lowest BCUT2D eigenvalue weighted by Gasteiger charge is -1.97. The standard InChI is InChI=1S/C13H17N.C2H6/c1-10(2)7-8-12(5)13(6)9-14-11(3)4;1-2/h7-9H,1,3,5-6H2,2,4H3;1-2H3/b8-7-,14-9?;. The zero-order chi connectivity index (χ0) is 13.1. The van der Waals surface area contributed by atoms with Crippen molar-refractivity contribution in [3.8, 4) is 0 Å². The monoisotopic (exact) mass is 217 g/mol. The molecule has 16 heavy (non-hydrogen) atoms. The molecule has 0 spiro atoms. The van der Waals surface area contributed by atoms with Gasteiger partial charge in [0, 0.05) is 11.9 Å². The van der Waals surface area contributed by atoms with Crippen LogP contribution in [0.4, 0.5) is 0 Å². The highest BCUT2D eigenvalue weighted by Gasteiger charge is 1.91. The van der Waals surface area contributed by atoms with Gasteiger partial charge in [-0.25, -0.2) is 0 Å².